The number of amidine groups is 1. The van der Waals surface area contributed by atoms with Crippen LogP contribution in [0.4, 0.5) is 11.4 Å². The van der Waals surface area contributed by atoms with Crippen molar-refractivity contribution in [3.05, 3.63) is 29.5 Å². The van der Waals surface area contributed by atoms with Crippen molar-refractivity contribution in [1.29, 1.82) is 0 Å². The van der Waals surface area contributed by atoms with E-state index in [0.29, 0.717) is 5.84 Å². The van der Waals surface area contributed by atoms with Gasteiger partial charge in [-0.05, 0) is 6.07 Å². The zero-order valence-corrected chi connectivity index (χ0v) is 6.16. The fraction of sp³-hybridized carbons (Fsp3) is 0.125. The molecule has 56 valence electrons. The highest BCUT2D eigenvalue weighted by atomic mass is 16.5. The molecule has 1 unspecified atom stereocenters. The van der Waals surface area contributed by atoms with E-state index in [9.17, 15) is 5.21 Å². The molecule has 3 nitrogen and oxygen atoms in total. The fourth-order valence-electron chi connectivity index (χ4n) is 1.19. The van der Waals surface area contributed by atoms with Crippen LogP contribution in [0.15, 0.2) is 29.3 Å². The van der Waals surface area contributed by atoms with Crippen molar-refractivity contribution in [1.82, 2.24) is 0 Å². The lowest BCUT2D eigenvalue weighted by atomic mass is 10.3. The van der Waals surface area contributed by atoms with Gasteiger partial charge < -0.3 is 5.21 Å². The molecule has 0 spiro atoms. The van der Waals surface area contributed by atoms with Crippen LogP contribution >= 0.6 is 0 Å². The number of hydroxylamine groups is 1. The number of nitrogens with zero attached hydrogens (tertiary/aromatic N) is 1. The van der Waals surface area contributed by atoms with E-state index in [1.807, 2.05) is 18.2 Å². The largest absolute Gasteiger partial charge is 0.622 e. The maximum Gasteiger partial charge on any atom is 0.203 e. The number of quaternary nitrogens is 1. The average Bonchev–Trinajstić information content (AvgIpc) is 2.30. The highest BCUT2D eigenvalue weighted by Gasteiger charge is 2.18. The first-order valence-corrected chi connectivity index (χ1v) is 3.48. The smallest absolute Gasteiger partial charge is 0.203 e. The Morgan fingerprint density at radius 2 is 2.09 bits per heavy atom. The Hall–Kier alpha value is -1.19. The second-order valence-electron chi connectivity index (χ2n) is 2.54. The average molecular weight is 148 g/mol. The molecular weight excluding hydrogens is 140 g/mol. The van der Waals surface area contributed by atoms with E-state index in [-0.39, 0.29) is 5.06 Å². The van der Waals surface area contributed by atoms with E-state index < -0.39 is 0 Å². The third kappa shape index (κ3) is 0.859. The third-order valence-electron chi connectivity index (χ3n) is 1.77. The Labute approximate surface area is 64.6 Å². The standard InChI is InChI=1S/C8H8N2O/c1-6-9-7-4-2-3-5-8(7)10(6)11/h2-5,10H,1H3. The van der Waals surface area contributed by atoms with E-state index in [2.05, 4.69) is 4.99 Å². The molecule has 11 heavy (non-hydrogen) atoms. The Morgan fingerprint density at radius 3 is 2.82 bits per heavy atom. The number of fused-ring (bicyclic) bond motifs is 1. The first-order chi connectivity index (χ1) is 5.29. The highest BCUT2D eigenvalue weighted by molar-refractivity contribution is 5.84. The molecule has 1 aliphatic heterocycles. The van der Waals surface area contributed by atoms with Crippen molar-refractivity contribution in [3.8, 4) is 0 Å². The summed E-state index contributed by atoms with van der Waals surface area (Å²) in [5.41, 5.74) is 1.53. The van der Waals surface area contributed by atoms with Gasteiger partial charge in [-0.3, -0.25) is 5.06 Å². The first-order valence-electron chi connectivity index (χ1n) is 3.48. The number of hydrogen-bond donors (Lipinski definition) is 1. The van der Waals surface area contributed by atoms with Crippen LogP contribution in [0.3, 0.4) is 0 Å². The second kappa shape index (κ2) is 2.15. The molecular formula is C8H8N2O. The molecule has 0 bridgehead atoms. The molecule has 0 aliphatic carbocycles. The van der Waals surface area contributed by atoms with Gasteiger partial charge in [-0.15, -0.1) is 0 Å². The van der Waals surface area contributed by atoms with Crippen molar-refractivity contribution in [3.63, 3.8) is 0 Å². The third-order valence-corrected chi connectivity index (χ3v) is 1.77. The summed E-state index contributed by atoms with van der Waals surface area (Å²) in [6.07, 6.45) is 0. The minimum atomic E-state index is 0.0561. The number of benzene rings is 1. The molecule has 1 aromatic carbocycles. The van der Waals surface area contributed by atoms with Gasteiger partial charge in [0.2, 0.25) is 5.84 Å². The maximum atomic E-state index is 11.3. The zero-order valence-electron chi connectivity index (χ0n) is 6.16. The summed E-state index contributed by atoms with van der Waals surface area (Å²) in [6, 6.07) is 7.39. The summed E-state index contributed by atoms with van der Waals surface area (Å²) in [5, 5.41) is 11.3. The number of rotatable bonds is 0. The van der Waals surface area contributed by atoms with Crippen molar-refractivity contribution in [2.45, 2.75) is 6.92 Å². The lowest BCUT2D eigenvalue weighted by Gasteiger charge is -2.14. The van der Waals surface area contributed by atoms with Crippen LogP contribution < -0.4 is 5.06 Å². The predicted molar refractivity (Wildman–Crippen MR) is 43.2 cm³/mol. The van der Waals surface area contributed by atoms with Gasteiger partial charge in [0, 0.05) is 13.0 Å². The van der Waals surface area contributed by atoms with E-state index in [0.717, 1.165) is 11.4 Å². The van der Waals surface area contributed by atoms with Gasteiger partial charge in [-0.1, -0.05) is 12.1 Å². The molecule has 2 rings (SSSR count). The number of aliphatic imine (C=N–C) groups is 1. The quantitative estimate of drug-likeness (QED) is 0.542. The summed E-state index contributed by atoms with van der Waals surface area (Å²) >= 11 is 0. The van der Waals surface area contributed by atoms with Gasteiger partial charge in [0.25, 0.3) is 0 Å². The van der Waals surface area contributed by atoms with Gasteiger partial charge in [0.05, 0.1) is 0 Å². The van der Waals surface area contributed by atoms with Crippen molar-refractivity contribution < 1.29 is 5.06 Å². The molecule has 0 saturated heterocycles. The highest BCUT2D eigenvalue weighted by Crippen LogP contribution is 2.23. The first kappa shape index (κ1) is 6.52. The summed E-state index contributed by atoms with van der Waals surface area (Å²) < 4.78 is 0. The van der Waals surface area contributed by atoms with Crippen LogP contribution in [0.25, 0.3) is 0 Å². The number of nitrogens with one attached hydrogen (secondary N) is 1. The topological polar surface area (TPSA) is 39.9 Å². The molecule has 3 heteroatoms. The Kier molecular flexibility index (Phi) is 1.27. The Morgan fingerprint density at radius 1 is 1.36 bits per heavy atom. The molecule has 1 aliphatic rings. The molecule has 0 aromatic heterocycles. The summed E-state index contributed by atoms with van der Waals surface area (Å²) in [4.78, 5) is 4.10. The second-order valence-corrected chi connectivity index (χ2v) is 2.54. The van der Waals surface area contributed by atoms with Crippen LogP contribution in [-0.2, 0) is 0 Å². The van der Waals surface area contributed by atoms with Crippen LogP contribution in [0.2, 0.25) is 0 Å². The monoisotopic (exact) mass is 148 g/mol. The molecule has 1 N–H and O–H groups in total. The molecule has 0 radical (unpaired) electrons. The maximum absolute atomic E-state index is 11.3. The summed E-state index contributed by atoms with van der Waals surface area (Å²) in [5.74, 6) is 0.589. The minimum Gasteiger partial charge on any atom is -0.622 e. The van der Waals surface area contributed by atoms with E-state index in [1.165, 1.54) is 0 Å². The normalized spacial score (nSPS) is 21.3. The van der Waals surface area contributed by atoms with Crippen LogP contribution in [0, 0.1) is 5.21 Å². The van der Waals surface area contributed by atoms with E-state index in [4.69, 9.17) is 0 Å². The predicted octanol–water partition coefficient (Wildman–Crippen LogP) is 0.764. The van der Waals surface area contributed by atoms with E-state index >= 15 is 0 Å². The summed E-state index contributed by atoms with van der Waals surface area (Å²) in [6.45, 7) is 1.74. The molecule has 0 saturated carbocycles. The van der Waals surface area contributed by atoms with Crippen LogP contribution in [0.1, 0.15) is 6.92 Å². The van der Waals surface area contributed by atoms with Gasteiger partial charge in [-0.2, -0.15) is 4.99 Å². The van der Waals surface area contributed by atoms with E-state index in [1.54, 1.807) is 13.0 Å². The lowest BCUT2D eigenvalue weighted by Crippen LogP contribution is -3.03. The van der Waals surface area contributed by atoms with Gasteiger partial charge in [-0.25, -0.2) is 0 Å². The Bertz CT molecular complexity index is 320. The SMILES string of the molecule is CC1=Nc2ccccc2[NH+]1[O-]. The fourth-order valence-corrected chi connectivity index (χ4v) is 1.19. The molecule has 1 heterocycles. The molecule has 0 fully saturated rings. The van der Waals surface area contributed by atoms with Gasteiger partial charge in [0.1, 0.15) is 5.69 Å². The molecule has 0 amide bonds. The number of para-hydroxylation sites is 2. The van der Waals surface area contributed by atoms with Crippen molar-refractivity contribution in [2.24, 2.45) is 4.99 Å². The molecule has 1 atom stereocenters. The van der Waals surface area contributed by atoms with Crippen LogP contribution in [-0.4, -0.2) is 5.84 Å². The van der Waals surface area contributed by atoms with Crippen LogP contribution in [0.5, 0.6) is 0 Å². The number of hydrogen-bond acceptors (Lipinski definition) is 2. The molecule has 1 aromatic rings. The van der Waals surface area contributed by atoms with Crippen molar-refractivity contribution in [2.75, 3.05) is 0 Å². The lowest BCUT2D eigenvalue weighted by molar-refractivity contribution is -0.664. The van der Waals surface area contributed by atoms with Crippen molar-refractivity contribution >= 4 is 17.2 Å². The van der Waals surface area contributed by atoms with Gasteiger partial charge >= 0.3 is 0 Å². The minimum absolute atomic E-state index is 0.0561. The Balaban J connectivity index is 2.58. The van der Waals surface area contributed by atoms with Gasteiger partial charge in [0.15, 0.2) is 5.69 Å². The summed E-state index contributed by atoms with van der Waals surface area (Å²) in [7, 11) is 0. The zero-order chi connectivity index (χ0) is 7.84.